The van der Waals surface area contributed by atoms with Crippen LogP contribution in [-0.2, 0) is 4.79 Å². The number of aromatic nitrogens is 2. The lowest BCUT2D eigenvalue weighted by Gasteiger charge is -2.28. The molecule has 0 bridgehead atoms. The minimum absolute atomic E-state index is 0.0556. The molecule has 2 aromatic heterocycles. The highest BCUT2D eigenvalue weighted by atomic mass is 35.5. The molecule has 8 heteroatoms. The van der Waals surface area contributed by atoms with Crippen LogP contribution in [0.2, 0.25) is 5.02 Å². The summed E-state index contributed by atoms with van der Waals surface area (Å²) < 4.78 is 2.18. The molecule has 2 N–H and O–H groups in total. The average Bonchev–Trinajstić information content (AvgIpc) is 3.38. The molecule has 1 aliphatic rings. The molecule has 1 amide bonds. The van der Waals surface area contributed by atoms with E-state index in [1.807, 2.05) is 73.7 Å². The number of carbonyl (C=O) groups is 1. The summed E-state index contributed by atoms with van der Waals surface area (Å²) in [6, 6.07) is 23.4. The number of para-hydroxylation sites is 1. The second-order valence-electron chi connectivity index (χ2n) is 9.60. The van der Waals surface area contributed by atoms with E-state index in [1.54, 1.807) is 6.20 Å². The fourth-order valence-electron chi connectivity index (χ4n) is 5.24. The molecule has 6 nitrogen and oxygen atoms in total. The molecule has 1 saturated heterocycles. The summed E-state index contributed by atoms with van der Waals surface area (Å²) in [5.41, 5.74) is 6.98. The van der Waals surface area contributed by atoms with Gasteiger partial charge in [-0.25, -0.2) is 0 Å². The molecule has 5 rings (SSSR count). The fourth-order valence-corrected chi connectivity index (χ4v) is 5.80. The van der Waals surface area contributed by atoms with Gasteiger partial charge in [-0.3, -0.25) is 9.78 Å². The fraction of sp³-hybridized carbons (Fsp3) is 0.233. The van der Waals surface area contributed by atoms with Gasteiger partial charge >= 0.3 is 0 Å². The highest BCUT2D eigenvalue weighted by Crippen LogP contribution is 2.41. The highest BCUT2D eigenvalue weighted by Gasteiger charge is 2.41. The molecular formula is C30H30ClN5OS. The van der Waals surface area contributed by atoms with E-state index in [1.165, 1.54) is 0 Å². The Morgan fingerprint density at radius 3 is 2.58 bits per heavy atom. The normalized spacial score (nSPS) is 16.9. The van der Waals surface area contributed by atoms with Crippen LogP contribution < -0.4 is 10.6 Å². The van der Waals surface area contributed by atoms with Crippen molar-refractivity contribution in [2.45, 2.75) is 39.3 Å². The minimum atomic E-state index is -0.163. The number of anilines is 1. The van der Waals surface area contributed by atoms with Gasteiger partial charge in [0.25, 0.3) is 0 Å². The Labute approximate surface area is 233 Å². The van der Waals surface area contributed by atoms with Crippen molar-refractivity contribution in [2.24, 2.45) is 0 Å². The van der Waals surface area contributed by atoms with E-state index in [9.17, 15) is 4.79 Å². The quantitative estimate of drug-likeness (QED) is 0.262. The zero-order valence-corrected chi connectivity index (χ0v) is 23.2. The van der Waals surface area contributed by atoms with Crippen molar-refractivity contribution >= 4 is 40.5 Å². The molecule has 2 aromatic carbocycles. The summed E-state index contributed by atoms with van der Waals surface area (Å²) in [5, 5.41) is 7.79. The van der Waals surface area contributed by atoms with Gasteiger partial charge < -0.3 is 20.1 Å². The van der Waals surface area contributed by atoms with Crippen molar-refractivity contribution in [1.29, 1.82) is 0 Å². The van der Waals surface area contributed by atoms with E-state index in [0.29, 0.717) is 23.1 Å². The number of benzene rings is 2. The number of rotatable bonds is 7. The molecule has 1 aliphatic heterocycles. The maximum absolute atomic E-state index is 12.9. The summed E-state index contributed by atoms with van der Waals surface area (Å²) in [4.78, 5) is 19.7. The summed E-state index contributed by atoms with van der Waals surface area (Å²) >= 11 is 12.4. The third-order valence-corrected chi connectivity index (χ3v) is 7.63. The summed E-state index contributed by atoms with van der Waals surface area (Å²) in [6.45, 7) is 6.65. The van der Waals surface area contributed by atoms with E-state index >= 15 is 0 Å². The number of carbonyl (C=O) groups excluding carboxylic acids is 1. The lowest BCUT2D eigenvalue weighted by Crippen LogP contribution is -2.32. The summed E-state index contributed by atoms with van der Waals surface area (Å²) in [5.74, 6) is -0.0556. The number of nitrogens with one attached hydrogen (secondary N) is 2. The maximum atomic E-state index is 12.9. The van der Waals surface area contributed by atoms with Crippen molar-refractivity contribution in [3.8, 4) is 5.69 Å². The number of aryl methyl sites for hydroxylation is 2. The van der Waals surface area contributed by atoms with Gasteiger partial charge in [0.15, 0.2) is 5.11 Å². The highest BCUT2D eigenvalue weighted by molar-refractivity contribution is 7.80. The smallest absolute Gasteiger partial charge is 0.226 e. The molecule has 3 heterocycles. The Morgan fingerprint density at radius 1 is 1.05 bits per heavy atom. The van der Waals surface area contributed by atoms with Crippen LogP contribution in [0.5, 0.6) is 0 Å². The molecule has 0 saturated carbocycles. The second-order valence-corrected chi connectivity index (χ2v) is 10.4. The number of amides is 1. The number of thiocarbonyl (C=S) groups is 1. The lowest BCUT2D eigenvalue weighted by atomic mass is 9.96. The van der Waals surface area contributed by atoms with Crippen LogP contribution >= 0.6 is 23.8 Å². The van der Waals surface area contributed by atoms with Crippen LogP contribution in [0.15, 0.2) is 79.0 Å². The lowest BCUT2D eigenvalue weighted by molar-refractivity contribution is -0.116. The Hall–Kier alpha value is -3.68. The van der Waals surface area contributed by atoms with E-state index in [0.717, 1.165) is 39.6 Å². The molecule has 194 valence electrons. The molecule has 0 radical (unpaired) electrons. The first-order valence-electron chi connectivity index (χ1n) is 12.6. The van der Waals surface area contributed by atoms with Crippen LogP contribution in [0.1, 0.15) is 46.7 Å². The molecule has 1 fully saturated rings. The van der Waals surface area contributed by atoms with Gasteiger partial charge in [-0.1, -0.05) is 41.9 Å². The molecule has 0 unspecified atom stereocenters. The van der Waals surface area contributed by atoms with E-state index < -0.39 is 0 Å². The third-order valence-electron chi connectivity index (χ3n) is 6.96. The first-order valence-corrected chi connectivity index (χ1v) is 13.4. The van der Waals surface area contributed by atoms with Crippen LogP contribution in [0.4, 0.5) is 5.69 Å². The zero-order chi connectivity index (χ0) is 26.8. The van der Waals surface area contributed by atoms with Crippen LogP contribution in [0, 0.1) is 20.8 Å². The van der Waals surface area contributed by atoms with Gasteiger partial charge in [0.1, 0.15) is 0 Å². The Morgan fingerprint density at radius 2 is 1.84 bits per heavy atom. The predicted octanol–water partition coefficient (Wildman–Crippen LogP) is 6.45. The Balaban J connectivity index is 1.48. The number of pyridine rings is 1. The predicted molar refractivity (Wildman–Crippen MR) is 157 cm³/mol. The first-order chi connectivity index (χ1) is 18.3. The maximum Gasteiger partial charge on any atom is 0.226 e. The molecule has 4 aromatic rings. The number of nitrogens with zero attached hydrogens (tertiary/aromatic N) is 3. The molecule has 0 aliphatic carbocycles. The van der Waals surface area contributed by atoms with Gasteiger partial charge in [0.2, 0.25) is 5.91 Å². The van der Waals surface area contributed by atoms with Crippen LogP contribution in [0.3, 0.4) is 0 Å². The van der Waals surface area contributed by atoms with Gasteiger partial charge in [0, 0.05) is 36.2 Å². The van der Waals surface area contributed by atoms with Crippen molar-refractivity contribution < 1.29 is 4.79 Å². The van der Waals surface area contributed by atoms with E-state index in [2.05, 4.69) is 45.0 Å². The monoisotopic (exact) mass is 543 g/mol. The van der Waals surface area contributed by atoms with Crippen molar-refractivity contribution in [1.82, 2.24) is 19.8 Å². The molecule has 2 atom stereocenters. The van der Waals surface area contributed by atoms with Gasteiger partial charge in [-0.2, -0.15) is 0 Å². The summed E-state index contributed by atoms with van der Waals surface area (Å²) in [6.07, 6.45) is 2.09. The van der Waals surface area contributed by atoms with Crippen LogP contribution in [0.25, 0.3) is 5.69 Å². The van der Waals surface area contributed by atoms with E-state index in [-0.39, 0.29) is 18.0 Å². The minimum Gasteiger partial charge on any atom is -0.352 e. The van der Waals surface area contributed by atoms with E-state index in [4.69, 9.17) is 23.8 Å². The van der Waals surface area contributed by atoms with Crippen molar-refractivity contribution in [3.63, 3.8) is 0 Å². The van der Waals surface area contributed by atoms with Crippen LogP contribution in [-0.4, -0.2) is 32.0 Å². The average molecular weight is 544 g/mol. The Bertz CT molecular complexity index is 1490. The number of hydrogen-bond acceptors (Lipinski definition) is 3. The zero-order valence-electron chi connectivity index (χ0n) is 21.6. The van der Waals surface area contributed by atoms with Gasteiger partial charge in [-0.05, 0) is 86.6 Å². The third kappa shape index (κ3) is 5.17. The Kier molecular flexibility index (Phi) is 7.49. The van der Waals surface area contributed by atoms with Crippen molar-refractivity contribution in [3.05, 3.63) is 112 Å². The standard InChI is InChI=1S/C30H30ClN5OS/c1-19-9-8-10-22(17-19)33-27(37)14-16-35-29(28(34-30(35)38)25-12-6-7-15-32-25)23-18-20(2)36(21(23)3)26-13-5-4-11-24(26)31/h4-13,15,17-18,28-29H,14,16H2,1-3H3,(H,33,37)(H,34,38)/t28-,29+/m0/s1. The number of hydrogen-bond donors (Lipinski definition) is 2. The molecule has 38 heavy (non-hydrogen) atoms. The number of halogens is 1. The SMILES string of the molecule is Cc1cccc(NC(=O)CCN2C(=S)N[C@@H](c3ccccn3)[C@H]2c2cc(C)n(-c3ccccc3Cl)c2C)c1. The largest absolute Gasteiger partial charge is 0.352 e. The molecule has 0 spiro atoms. The molecular weight excluding hydrogens is 514 g/mol. The summed E-state index contributed by atoms with van der Waals surface area (Å²) in [7, 11) is 0. The first kappa shape index (κ1) is 25.9. The topological polar surface area (TPSA) is 62.2 Å². The van der Waals surface area contributed by atoms with Gasteiger partial charge in [0.05, 0.1) is 28.5 Å². The van der Waals surface area contributed by atoms with Gasteiger partial charge in [-0.15, -0.1) is 0 Å². The van der Waals surface area contributed by atoms with Crippen molar-refractivity contribution in [2.75, 3.05) is 11.9 Å². The second kappa shape index (κ2) is 11.0.